The zero-order valence-electron chi connectivity index (χ0n) is 26.5. The van der Waals surface area contributed by atoms with Gasteiger partial charge in [0, 0.05) is 37.2 Å². The molecule has 38 heavy (non-hydrogen) atoms. The van der Waals surface area contributed by atoms with Gasteiger partial charge in [-0.25, -0.2) is 0 Å². The van der Waals surface area contributed by atoms with E-state index in [-0.39, 0.29) is 0 Å². The summed E-state index contributed by atoms with van der Waals surface area (Å²) in [6.07, 6.45) is 29.6. The van der Waals surface area contributed by atoms with E-state index in [2.05, 4.69) is 38.3 Å². The Morgan fingerprint density at radius 1 is 0.368 bits per heavy atom. The smallest absolute Gasteiger partial charge is 0.101 e. The maximum absolute atomic E-state index is 13.5. The maximum Gasteiger partial charge on any atom is 0.101 e. The van der Waals surface area contributed by atoms with Crippen LogP contribution >= 0.6 is 14.3 Å². The van der Waals surface area contributed by atoms with Gasteiger partial charge < -0.3 is 19.8 Å². The van der Waals surface area contributed by atoms with E-state index in [1.165, 1.54) is 103 Å². The summed E-state index contributed by atoms with van der Waals surface area (Å²) in [5, 5.41) is 7.14. The Bertz CT molecular complexity index is 504. The molecule has 230 valence electrons. The molecule has 0 aliphatic rings. The van der Waals surface area contributed by atoms with Crippen molar-refractivity contribution >= 4 is 14.3 Å². The van der Waals surface area contributed by atoms with Crippen molar-refractivity contribution in [3.63, 3.8) is 0 Å². The molecular formula is C32H70N2O2P2. The van der Waals surface area contributed by atoms with Crippen LogP contribution in [-0.4, -0.2) is 50.3 Å². The fourth-order valence-electron chi connectivity index (χ4n) is 5.27. The molecule has 0 rings (SSSR count). The highest BCUT2D eigenvalue weighted by atomic mass is 31.2. The summed E-state index contributed by atoms with van der Waals surface area (Å²) in [5.74, 6) is 0. The Morgan fingerprint density at radius 3 is 0.895 bits per heavy atom. The van der Waals surface area contributed by atoms with E-state index < -0.39 is 14.3 Å². The lowest BCUT2D eigenvalue weighted by Gasteiger charge is -2.19. The standard InChI is InChI=1S/C32H70N2O2P2/c1-5-9-13-21-27-37(35,28-22-14-10-6-2)31-33-25-19-17-18-20-26-34-32-38(36,29-23-15-11-7-3)30-24-16-12-8-4/h33-34H,5-32H2,1-4H3. The number of unbranched alkanes of at least 4 members (excludes halogenated alkanes) is 15. The Morgan fingerprint density at radius 2 is 0.632 bits per heavy atom. The molecule has 4 nitrogen and oxygen atoms in total. The second kappa shape index (κ2) is 27.5. The minimum Gasteiger partial charge on any atom is -0.322 e. The molecule has 0 aromatic carbocycles. The molecule has 0 fully saturated rings. The van der Waals surface area contributed by atoms with Gasteiger partial charge in [-0.3, -0.25) is 0 Å². The van der Waals surface area contributed by atoms with Gasteiger partial charge in [0.2, 0.25) is 0 Å². The zero-order valence-corrected chi connectivity index (χ0v) is 28.3. The van der Waals surface area contributed by atoms with Crippen molar-refractivity contribution in [1.82, 2.24) is 10.6 Å². The van der Waals surface area contributed by atoms with Gasteiger partial charge in [-0.15, -0.1) is 0 Å². The number of rotatable bonds is 31. The second-order valence-corrected chi connectivity index (χ2v) is 18.6. The lowest BCUT2D eigenvalue weighted by molar-refractivity contribution is 0.548. The predicted molar refractivity (Wildman–Crippen MR) is 175 cm³/mol. The van der Waals surface area contributed by atoms with Gasteiger partial charge in [0.1, 0.15) is 14.3 Å². The largest absolute Gasteiger partial charge is 0.322 e. The molecule has 6 heteroatoms. The van der Waals surface area contributed by atoms with Gasteiger partial charge in [-0.2, -0.15) is 0 Å². The van der Waals surface area contributed by atoms with Crippen molar-refractivity contribution in [3.05, 3.63) is 0 Å². The van der Waals surface area contributed by atoms with Gasteiger partial charge in [0.15, 0.2) is 0 Å². The first-order chi connectivity index (χ1) is 18.4. The first kappa shape index (κ1) is 38.4. The van der Waals surface area contributed by atoms with Gasteiger partial charge in [-0.05, 0) is 51.6 Å². The third-order valence-electron chi connectivity index (χ3n) is 7.93. The lowest BCUT2D eigenvalue weighted by atomic mass is 10.2. The summed E-state index contributed by atoms with van der Waals surface area (Å²) < 4.78 is 27.1. The van der Waals surface area contributed by atoms with E-state index >= 15 is 0 Å². The van der Waals surface area contributed by atoms with Crippen LogP contribution in [0.25, 0.3) is 0 Å². The monoisotopic (exact) mass is 576 g/mol. The van der Waals surface area contributed by atoms with Crippen LogP contribution in [0.3, 0.4) is 0 Å². The molecule has 0 amide bonds. The molecule has 0 spiro atoms. The van der Waals surface area contributed by atoms with Gasteiger partial charge >= 0.3 is 0 Å². The van der Waals surface area contributed by atoms with E-state index in [4.69, 9.17) is 0 Å². The summed E-state index contributed by atoms with van der Waals surface area (Å²) >= 11 is 0. The maximum atomic E-state index is 13.5. The number of nitrogens with one attached hydrogen (secondary N) is 2. The summed E-state index contributed by atoms with van der Waals surface area (Å²) in [5.41, 5.74) is 0. The molecule has 0 saturated carbocycles. The van der Waals surface area contributed by atoms with Gasteiger partial charge in [0.05, 0.1) is 0 Å². The summed E-state index contributed by atoms with van der Waals surface area (Å²) in [6, 6.07) is 0. The lowest BCUT2D eigenvalue weighted by Crippen LogP contribution is -2.20. The normalized spacial score (nSPS) is 12.4. The molecule has 0 aliphatic carbocycles. The number of hydrogen-bond donors (Lipinski definition) is 2. The van der Waals surface area contributed by atoms with Crippen LogP contribution < -0.4 is 10.6 Å². The molecule has 2 N–H and O–H groups in total. The summed E-state index contributed by atoms with van der Waals surface area (Å²) in [7, 11) is -4.12. The second-order valence-electron chi connectivity index (χ2n) is 12.0. The quantitative estimate of drug-likeness (QED) is 0.0636. The molecule has 0 saturated heterocycles. The molecule has 0 aromatic heterocycles. The Kier molecular flexibility index (Phi) is 27.8. The van der Waals surface area contributed by atoms with Crippen LogP contribution in [0.2, 0.25) is 0 Å². The van der Waals surface area contributed by atoms with E-state index in [1.807, 2.05) is 0 Å². The van der Waals surface area contributed by atoms with Crippen LogP contribution in [0.1, 0.15) is 156 Å². The Hall–Kier alpha value is 0.380. The van der Waals surface area contributed by atoms with Crippen LogP contribution in [-0.2, 0) is 9.13 Å². The van der Waals surface area contributed by atoms with Crippen molar-refractivity contribution in [1.29, 1.82) is 0 Å². The minimum atomic E-state index is -2.06. The predicted octanol–water partition coefficient (Wildman–Crippen LogP) is 10.7. The highest BCUT2D eigenvalue weighted by Crippen LogP contribution is 2.47. The van der Waals surface area contributed by atoms with E-state index in [9.17, 15) is 9.13 Å². The van der Waals surface area contributed by atoms with E-state index in [0.29, 0.717) is 0 Å². The van der Waals surface area contributed by atoms with Crippen LogP contribution in [0, 0.1) is 0 Å². The Balaban J connectivity index is 4.11. The van der Waals surface area contributed by atoms with Crippen LogP contribution in [0.4, 0.5) is 0 Å². The van der Waals surface area contributed by atoms with Crippen molar-refractivity contribution in [2.24, 2.45) is 0 Å². The van der Waals surface area contributed by atoms with Crippen molar-refractivity contribution in [3.8, 4) is 0 Å². The first-order valence-corrected chi connectivity index (χ1v) is 21.5. The Labute approximate surface area is 240 Å². The summed E-state index contributed by atoms with van der Waals surface area (Å²) in [4.78, 5) is 0. The minimum absolute atomic E-state index is 0.749. The van der Waals surface area contributed by atoms with Crippen molar-refractivity contribution < 1.29 is 9.13 Å². The fraction of sp³-hybridized carbons (Fsp3) is 1.00. The van der Waals surface area contributed by atoms with E-state index in [0.717, 1.165) is 76.0 Å². The molecule has 0 aromatic rings. The molecule has 0 radical (unpaired) electrons. The molecule has 0 unspecified atom stereocenters. The van der Waals surface area contributed by atoms with Gasteiger partial charge in [0.25, 0.3) is 0 Å². The highest BCUT2D eigenvalue weighted by molar-refractivity contribution is 7.64. The molecule has 0 aliphatic heterocycles. The fourth-order valence-corrected chi connectivity index (χ4v) is 10.7. The number of hydrogen-bond acceptors (Lipinski definition) is 4. The first-order valence-electron chi connectivity index (χ1n) is 17.0. The van der Waals surface area contributed by atoms with Crippen LogP contribution in [0.5, 0.6) is 0 Å². The summed E-state index contributed by atoms with van der Waals surface area (Å²) in [6.45, 7) is 11.0. The molecule has 0 atom stereocenters. The molecular weight excluding hydrogens is 506 g/mol. The zero-order chi connectivity index (χ0) is 28.2. The van der Waals surface area contributed by atoms with Gasteiger partial charge in [-0.1, -0.05) is 118 Å². The molecule has 0 bridgehead atoms. The third-order valence-corrected chi connectivity index (χ3v) is 14.1. The molecule has 0 heterocycles. The average molecular weight is 577 g/mol. The van der Waals surface area contributed by atoms with Crippen molar-refractivity contribution in [2.75, 3.05) is 50.3 Å². The highest BCUT2D eigenvalue weighted by Gasteiger charge is 2.21. The SMILES string of the molecule is CCCCCCP(=O)(CCCCCC)CNCCCCCCNCP(=O)(CCCCCC)CCCCCC. The van der Waals surface area contributed by atoms with Crippen LogP contribution in [0.15, 0.2) is 0 Å². The topological polar surface area (TPSA) is 58.2 Å². The van der Waals surface area contributed by atoms with E-state index in [1.54, 1.807) is 0 Å². The average Bonchev–Trinajstić information content (AvgIpc) is 2.91. The van der Waals surface area contributed by atoms with Crippen molar-refractivity contribution in [2.45, 2.75) is 156 Å². The third kappa shape index (κ3) is 24.2.